The smallest absolute Gasteiger partial charge is 0.335 e. The number of aliphatic hydroxyl groups excluding tert-OH is 2. The number of carboxylic acids is 2. The fourth-order valence-corrected chi connectivity index (χ4v) is 1.96. The minimum Gasteiger partial charge on any atom is -0.478 e. The van der Waals surface area contributed by atoms with E-state index in [1.165, 1.54) is 24.3 Å². The molecule has 0 heterocycles. The van der Waals surface area contributed by atoms with Gasteiger partial charge in [-0.1, -0.05) is 37.0 Å². The summed E-state index contributed by atoms with van der Waals surface area (Å²) in [6.07, 6.45) is 0.391. The Balaban J connectivity index is 0.000000394. The zero-order chi connectivity index (χ0) is 21.7. The summed E-state index contributed by atoms with van der Waals surface area (Å²) in [5.41, 5.74) is 0.508. The molecule has 28 heavy (non-hydrogen) atoms. The molecule has 0 amide bonds. The Kier molecular flexibility index (Phi) is 12.9. The molecule has 2 rings (SSSR count). The monoisotopic (exact) mass is 430 g/mol. The molecule has 0 aliphatic heterocycles. The first kappa shape index (κ1) is 25.9. The number of halogens is 2. The van der Waals surface area contributed by atoms with Crippen molar-refractivity contribution in [1.82, 2.24) is 0 Å². The standard InChI is InChI=1S/2C7H5ClO2.C6H14O2/c2*8-6-3-1-5(2-4-6)7(9)10;1-3-6(8)5(2)4-7/h2*1-4H,(H,9,10);5-8H,3-4H2,1-2H3. The maximum absolute atomic E-state index is 10.3. The van der Waals surface area contributed by atoms with E-state index < -0.39 is 11.9 Å². The molecule has 0 saturated heterocycles. The van der Waals surface area contributed by atoms with Gasteiger partial charge in [0, 0.05) is 22.6 Å². The zero-order valence-corrected chi connectivity index (χ0v) is 17.1. The van der Waals surface area contributed by atoms with Crippen LogP contribution in [-0.4, -0.2) is 45.1 Å². The number of hydrogen-bond acceptors (Lipinski definition) is 4. The molecular formula is C20H24Cl2O6. The highest BCUT2D eigenvalue weighted by molar-refractivity contribution is 6.30. The molecule has 2 unspecified atom stereocenters. The van der Waals surface area contributed by atoms with Crippen LogP contribution in [0.1, 0.15) is 41.0 Å². The van der Waals surface area contributed by atoms with Crippen LogP contribution in [-0.2, 0) is 0 Å². The van der Waals surface area contributed by atoms with Crippen LogP contribution < -0.4 is 0 Å². The number of rotatable bonds is 5. The lowest BCUT2D eigenvalue weighted by molar-refractivity contribution is 0.0686. The third-order valence-corrected chi connectivity index (χ3v) is 4.05. The van der Waals surface area contributed by atoms with E-state index in [0.29, 0.717) is 10.0 Å². The van der Waals surface area contributed by atoms with Crippen molar-refractivity contribution in [3.8, 4) is 0 Å². The molecule has 8 heteroatoms. The summed E-state index contributed by atoms with van der Waals surface area (Å²) in [4.78, 5) is 20.5. The van der Waals surface area contributed by atoms with Crippen molar-refractivity contribution >= 4 is 35.1 Å². The van der Waals surface area contributed by atoms with Crippen LogP contribution in [0.15, 0.2) is 48.5 Å². The van der Waals surface area contributed by atoms with E-state index in [0.717, 1.165) is 6.42 Å². The Labute approximate surface area is 174 Å². The van der Waals surface area contributed by atoms with Gasteiger partial charge in [-0.25, -0.2) is 9.59 Å². The van der Waals surface area contributed by atoms with Crippen LogP contribution in [0, 0.1) is 5.92 Å². The van der Waals surface area contributed by atoms with Crippen molar-refractivity contribution in [2.24, 2.45) is 5.92 Å². The van der Waals surface area contributed by atoms with Crippen LogP contribution in [0.5, 0.6) is 0 Å². The van der Waals surface area contributed by atoms with Crippen molar-refractivity contribution in [2.45, 2.75) is 26.4 Å². The molecule has 0 spiro atoms. The van der Waals surface area contributed by atoms with Gasteiger partial charge in [0.05, 0.1) is 17.2 Å². The molecule has 0 aliphatic rings. The lowest BCUT2D eigenvalue weighted by Gasteiger charge is -2.12. The van der Waals surface area contributed by atoms with Crippen LogP contribution in [0.2, 0.25) is 10.0 Å². The second kappa shape index (κ2) is 14.0. The molecule has 0 fully saturated rings. The number of aromatic carboxylic acids is 2. The summed E-state index contributed by atoms with van der Waals surface area (Å²) in [5, 5.41) is 35.4. The van der Waals surface area contributed by atoms with E-state index in [9.17, 15) is 9.59 Å². The van der Waals surface area contributed by atoms with Crippen molar-refractivity contribution in [3.63, 3.8) is 0 Å². The van der Waals surface area contributed by atoms with Gasteiger partial charge in [0.1, 0.15) is 0 Å². The summed E-state index contributed by atoms with van der Waals surface area (Å²) < 4.78 is 0. The van der Waals surface area contributed by atoms with Crippen molar-refractivity contribution in [2.75, 3.05) is 6.61 Å². The van der Waals surface area contributed by atoms with Gasteiger partial charge >= 0.3 is 11.9 Å². The van der Waals surface area contributed by atoms with E-state index in [1.54, 1.807) is 24.3 Å². The highest BCUT2D eigenvalue weighted by Crippen LogP contribution is 2.09. The minimum atomic E-state index is -0.934. The average molecular weight is 431 g/mol. The molecule has 0 aliphatic carbocycles. The van der Waals surface area contributed by atoms with E-state index in [2.05, 4.69) is 0 Å². The molecule has 0 bridgehead atoms. The van der Waals surface area contributed by atoms with Crippen molar-refractivity contribution in [1.29, 1.82) is 0 Å². The normalized spacial score (nSPS) is 11.8. The molecule has 2 aromatic carbocycles. The van der Waals surface area contributed by atoms with E-state index in [1.807, 2.05) is 13.8 Å². The molecule has 0 saturated carbocycles. The van der Waals surface area contributed by atoms with Gasteiger partial charge in [-0.15, -0.1) is 0 Å². The highest BCUT2D eigenvalue weighted by atomic mass is 35.5. The molecule has 0 radical (unpaired) electrons. The van der Waals surface area contributed by atoms with Crippen LogP contribution in [0.4, 0.5) is 0 Å². The predicted octanol–water partition coefficient (Wildman–Crippen LogP) is 4.46. The second-order valence-corrected chi connectivity index (χ2v) is 6.63. The zero-order valence-electron chi connectivity index (χ0n) is 15.5. The van der Waals surface area contributed by atoms with Crippen molar-refractivity contribution in [3.05, 3.63) is 69.7 Å². The van der Waals surface area contributed by atoms with Crippen LogP contribution >= 0.6 is 23.2 Å². The number of carboxylic acid groups (broad SMARTS) is 2. The highest BCUT2D eigenvalue weighted by Gasteiger charge is 2.08. The Morgan fingerprint density at radius 2 is 1.18 bits per heavy atom. The molecule has 2 atom stereocenters. The molecular weight excluding hydrogens is 407 g/mol. The van der Waals surface area contributed by atoms with E-state index >= 15 is 0 Å². The first-order valence-corrected chi connectivity index (χ1v) is 9.14. The largest absolute Gasteiger partial charge is 0.478 e. The maximum Gasteiger partial charge on any atom is 0.335 e. The van der Waals surface area contributed by atoms with Gasteiger partial charge in [-0.3, -0.25) is 0 Å². The van der Waals surface area contributed by atoms with Crippen molar-refractivity contribution < 1.29 is 30.0 Å². The number of carbonyl (C=O) groups is 2. The van der Waals surface area contributed by atoms with Crippen LogP contribution in [0.25, 0.3) is 0 Å². The molecule has 6 nitrogen and oxygen atoms in total. The quantitative estimate of drug-likeness (QED) is 0.556. The number of hydrogen-bond donors (Lipinski definition) is 4. The van der Waals surface area contributed by atoms with Crippen LogP contribution in [0.3, 0.4) is 0 Å². The topological polar surface area (TPSA) is 115 Å². The summed E-state index contributed by atoms with van der Waals surface area (Å²) in [5.74, 6) is -1.84. The SMILES string of the molecule is CCC(O)C(C)CO.O=C(O)c1ccc(Cl)cc1.O=C(O)c1ccc(Cl)cc1. The van der Waals surface area contributed by atoms with Gasteiger partial charge < -0.3 is 20.4 Å². The Hall–Kier alpha value is -2.12. The lowest BCUT2D eigenvalue weighted by atomic mass is 10.0. The summed E-state index contributed by atoms with van der Waals surface area (Å²) in [6, 6.07) is 12.0. The Bertz CT molecular complexity index is 653. The third kappa shape index (κ3) is 10.9. The summed E-state index contributed by atoms with van der Waals surface area (Å²) >= 11 is 11.0. The average Bonchev–Trinajstić information content (AvgIpc) is 2.68. The van der Waals surface area contributed by atoms with Gasteiger partial charge in [-0.05, 0) is 55.0 Å². The molecule has 0 aromatic heterocycles. The maximum atomic E-state index is 10.3. The summed E-state index contributed by atoms with van der Waals surface area (Å²) in [6.45, 7) is 3.81. The minimum absolute atomic E-state index is 0.0278. The number of aliphatic hydroxyl groups is 2. The van der Waals surface area contributed by atoms with E-state index in [-0.39, 0.29) is 29.8 Å². The first-order valence-electron chi connectivity index (χ1n) is 8.38. The van der Waals surface area contributed by atoms with Gasteiger partial charge in [0.25, 0.3) is 0 Å². The van der Waals surface area contributed by atoms with E-state index in [4.69, 9.17) is 43.6 Å². The van der Waals surface area contributed by atoms with Gasteiger partial charge in [-0.2, -0.15) is 0 Å². The predicted molar refractivity (Wildman–Crippen MR) is 109 cm³/mol. The summed E-state index contributed by atoms with van der Waals surface area (Å²) in [7, 11) is 0. The molecule has 4 N–H and O–H groups in total. The Morgan fingerprint density at radius 3 is 1.36 bits per heavy atom. The van der Waals surface area contributed by atoms with Gasteiger partial charge in [0.2, 0.25) is 0 Å². The lowest BCUT2D eigenvalue weighted by Crippen LogP contribution is -2.19. The third-order valence-electron chi connectivity index (χ3n) is 3.55. The fraction of sp³-hybridized carbons (Fsp3) is 0.300. The Morgan fingerprint density at radius 1 is 0.857 bits per heavy atom. The number of benzene rings is 2. The first-order chi connectivity index (χ1) is 13.1. The fourth-order valence-electron chi connectivity index (χ4n) is 1.71. The second-order valence-electron chi connectivity index (χ2n) is 5.76. The molecule has 154 valence electrons. The molecule has 2 aromatic rings. The van der Waals surface area contributed by atoms with Gasteiger partial charge in [0.15, 0.2) is 0 Å².